The number of aliphatic hydroxyl groups excluding tert-OH is 1. The van der Waals surface area contributed by atoms with Crippen molar-refractivity contribution in [3.63, 3.8) is 0 Å². The summed E-state index contributed by atoms with van der Waals surface area (Å²) in [6.07, 6.45) is 1.80. The molecule has 0 radical (unpaired) electrons. The zero-order chi connectivity index (χ0) is 16.5. The number of nitrogens with zero attached hydrogens (tertiary/aromatic N) is 2. The van der Waals surface area contributed by atoms with Gasteiger partial charge in [0.15, 0.2) is 5.76 Å². The first-order valence-corrected chi connectivity index (χ1v) is 7.86. The normalized spacial score (nSPS) is 21.4. The molecule has 1 aliphatic heterocycles. The van der Waals surface area contributed by atoms with Crippen molar-refractivity contribution in [3.05, 3.63) is 65.8 Å². The number of aromatic nitrogens is 1. The molecular weight excluding hydrogens is 311 g/mol. The average Bonchev–Trinajstić information content (AvgIpc) is 3.29. The third kappa shape index (κ3) is 2.98. The number of rotatable bonds is 4. The van der Waals surface area contributed by atoms with Gasteiger partial charge in [0.2, 0.25) is 5.76 Å². The van der Waals surface area contributed by atoms with Gasteiger partial charge in [-0.15, -0.1) is 0 Å². The smallest absolute Gasteiger partial charge is 0.202 e. The van der Waals surface area contributed by atoms with Gasteiger partial charge in [-0.2, -0.15) is 0 Å². The molecule has 1 N–H and O–H groups in total. The van der Waals surface area contributed by atoms with Crippen molar-refractivity contribution in [3.8, 4) is 11.5 Å². The molecule has 4 rings (SSSR count). The molecule has 1 saturated heterocycles. The number of halogens is 1. The van der Waals surface area contributed by atoms with Crippen molar-refractivity contribution >= 4 is 0 Å². The Labute approximate surface area is 138 Å². The fourth-order valence-electron chi connectivity index (χ4n) is 3.22. The topological polar surface area (TPSA) is 62.6 Å². The quantitative estimate of drug-likeness (QED) is 0.795. The minimum atomic E-state index is -0.406. The van der Waals surface area contributed by atoms with Gasteiger partial charge in [-0.1, -0.05) is 17.3 Å². The van der Waals surface area contributed by atoms with Crippen LogP contribution in [0.4, 0.5) is 4.39 Å². The van der Waals surface area contributed by atoms with Crippen LogP contribution in [0.5, 0.6) is 0 Å². The highest BCUT2D eigenvalue weighted by atomic mass is 19.1. The Morgan fingerprint density at radius 3 is 2.79 bits per heavy atom. The first-order valence-electron chi connectivity index (χ1n) is 7.86. The van der Waals surface area contributed by atoms with E-state index < -0.39 is 6.10 Å². The predicted molar refractivity (Wildman–Crippen MR) is 84.4 cm³/mol. The first kappa shape index (κ1) is 15.1. The number of furan rings is 1. The Hall–Kier alpha value is -2.44. The maximum absolute atomic E-state index is 13.1. The van der Waals surface area contributed by atoms with Gasteiger partial charge in [0.05, 0.1) is 18.1 Å². The standard InChI is InChI=1S/C18H17FN2O3/c19-13-5-3-12(4-6-13)16-9-15(22)11-21(16)10-14-8-18(24-20-14)17-2-1-7-23-17/h1-8,15-16,22H,9-11H2/t15-,16+/m1/s1. The molecule has 0 unspecified atom stereocenters. The second-order valence-electron chi connectivity index (χ2n) is 6.05. The summed E-state index contributed by atoms with van der Waals surface area (Å²) in [5.74, 6) is 0.946. The molecule has 24 heavy (non-hydrogen) atoms. The minimum Gasteiger partial charge on any atom is -0.461 e. The van der Waals surface area contributed by atoms with Gasteiger partial charge >= 0.3 is 0 Å². The number of hydrogen-bond donors (Lipinski definition) is 1. The maximum Gasteiger partial charge on any atom is 0.202 e. The molecule has 0 saturated carbocycles. The highest BCUT2D eigenvalue weighted by Gasteiger charge is 2.32. The Bertz CT molecular complexity index is 798. The summed E-state index contributed by atoms with van der Waals surface area (Å²) < 4.78 is 23.8. The Kier molecular flexibility index (Phi) is 3.92. The van der Waals surface area contributed by atoms with Crippen LogP contribution in [-0.2, 0) is 6.54 Å². The molecule has 0 bridgehead atoms. The first-order chi connectivity index (χ1) is 11.7. The summed E-state index contributed by atoms with van der Waals surface area (Å²) in [7, 11) is 0. The van der Waals surface area contributed by atoms with Crippen LogP contribution < -0.4 is 0 Å². The third-order valence-electron chi connectivity index (χ3n) is 4.32. The van der Waals surface area contributed by atoms with Crippen molar-refractivity contribution in [1.29, 1.82) is 0 Å². The molecule has 6 heteroatoms. The Morgan fingerprint density at radius 2 is 2.04 bits per heavy atom. The third-order valence-corrected chi connectivity index (χ3v) is 4.32. The summed E-state index contributed by atoms with van der Waals surface area (Å²) in [6.45, 7) is 1.09. The fourth-order valence-corrected chi connectivity index (χ4v) is 3.22. The second kappa shape index (κ2) is 6.22. The molecule has 0 aliphatic carbocycles. The molecule has 2 atom stereocenters. The SMILES string of the molecule is O[C@@H]1C[C@@H](c2ccc(F)cc2)N(Cc2cc(-c3ccco3)on2)C1. The van der Waals surface area contributed by atoms with Crippen LogP contribution in [0.15, 0.2) is 57.7 Å². The minimum absolute atomic E-state index is 0.0318. The van der Waals surface area contributed by atoms with Gasteiger partial charge in [0.25, 0.3) is 0 Å². The van der Waals surface area contributed by atoms with Gasteiger partial charge in [-0.3, -0.25) is 4.90 Å². The van der Waals surface area contributed by atoms with Crippen molar-refractivity contribution in [2.75, 3.05) is 6.54 Å². The molecule has 2 aromatic heterocycles. The zero-order valence-corrected chi connectivity index (χ0v) is 12.9. The predicted octanol–water partition coefficient (Wildman–Crippen LogP) is 3.38. The van der Waals surface area contributed by atoms with Crippen molar-refractivity contribution in [2.45, 2.75) is 25.1 Å². The van der Waals surface area contributed by atoms with E-state index in [2.05, 4.69) is 10.1 Å². The van der Waals surface area contributed by atoms with Gasteiger partial charge in [0, 0.05) is 25.2 Å². The molecule has 3 aromatic rings. The summed E-state index contributed by atoms with van der Waals surface area (Å²) in [5, 5.41) is 14.1. The van der Waals surface area contributed by atoms with E-state index in [0.717, 1.165) is 11.3 Å². The van der Waals surface area contributed by atoms with Crippen LogP contribution in [0.2, 0.25) is 0 Å². The summed E-state index contributed by atoms with van der Waals surface area (Å²) in [5.41, 5.74) is 1.75. The van der Waals surface area contributed by atoms with E-state index in [4.69, 9.17) is 8.94 Å². The summed E-state index contributed by atoms with van der Waals surface area (Å²) in [4.78, 5) is 2.13. The lowest BCUT2D eigenvalue weighted by Crippen LogP contribution is -2.24. The van der Waals surface area contributed by atoms with Crippen LogP contribution in [0.25, 0.3) is 11.5 Å². The van der Waals surface area contributed by atoms with Gasteiger partial charge in [-0.05, 0) is 36.2 Å². The van der Waals surface area contributed by atoms with Crippen LogP contribution in [0, 0.1) is 5.82 Å². The highest BCUT2D eigenvalue weighted by molar-refractivity contribution is 5.49. The van der Waals surface area contributed by atoms with E-state index in [1.165, 1.54) is 12.1 Å². The Balaban J connectivity index is 1.53. The van der Waals surface area contributed by atoms with Crippen LogP contribution >= 0.6 is 0 Å². The lowest BCUT2D eigenvalue weighted by atomic mass is 10.0. The molecular formula is C18H17FN2O3. The van der Waals surface area contributed by atoms with E-state index in [1.54, 1.807) is 24.5 Å². The molecule has 124 valence electrons. The second-order valence-corrected chi connectivity index (χ2v) is 6.05. The van der Waals surface area contributed by atoms with Crippen LogP contribution in [-0.4, -0.2) is 27.8 Å². The van der Waals surface area contributed by atoms with Crippen LogP contribution in [0.3, 0.4) is 0 Å². The lowest BCUT2D eigenvalue weighted by molar-refractivity contribution is 0.171. The molecule has 0 spiro atoms. The van der Waals surface area contributed by atoms with E-state index >= 15 is 0 Å². The Morgan fingerprint density at radius 1 is 1.21 bits per heavy atom. The van der Waals surface area contributed by atoms with E-state index in [1.807, 2.05) is 12.1 Å². The fraction of sp³-hybridized carbons (Fsp3) is 0.278. The number of aliphatic hydroxyl groups is 1. The molecule has 1 aromatic carbocycles. The molecule has 0 amide bonds. The van der Waals surface area contributed by atoms with Gasteiger partial charge in [-0.25, -0.2) is 4.39 Å². The average molecular weight is 328 g/mol. The van der Waals surface area contributed by atoms with E-state index in [9.17, 15) is 9.50 Å². The van der Waals surface area contributed by atoms with E-state index in [-0.39, 0.29) is 11.9 Å². The van der Waals surface area contributed by atoms with Crippen LogP contribution in [0.1, 0.15) is 23.7 Å². The number of benzene rings is 1. The summed E-state index contributed by atoms with van der Waals surface area (Å²) >= 11 is 0. The molecule has 1 aliphatic rings. The van der Waals surface area contributed by atoms with Crippen molar-refractivity contribution < 1.29 is 18.4 Å². The van der Waals surface area contributed by atoms with Gasteiger partial charge in [0.1, 0.15) is 5.82 Å². The number of likely N-dealkylation sites (tertiary alicyclic amines) is 1. The van der Waals surface area contributed by atoms with Crippen molar-refractivity contribution in [2.24, 2.45) is 0 Å². The van der Waals surface area contributed by atoms with Crippen molar-refractivity contribution in [1.82, 2.24) is 10.1 Å². The molecule has 3 heterocycles. The molecule has 1 fully saturated rings. The molecule has 5 nitrogen and oxygen atoms in total. The number of hydrogen-bond acceptors (Lipinski definition) is 5. The largest absolute Gasteiger partial charge is 0.461 e. The zero-order valence-electron chi connectivity index (χ0n) is 12.9. The number of β-amino-alcohol motifs (C(OH)–C–C–N with tert-alkyl or cyclic N) is 1. The summed E-state index contributed by atoms with van der Waals surface area (Å²) in [6, 6.07) is 11.9. The van der Waals surface area contributed by atoms with Gasteiger partial charge < -0.3 is 14.0 Å². The highest BCUT2D eigenvalue weighted by Crippen LogP contribution is 2.33. The van der Waals surface area contributed by atoms with E-state index in [0.29, 0.717) is 31.0 Å². The lowest BCUT2D eigenvalue weighted by Gasteiger charge is -2.23. The monoisotopic (exact) mass is 328 g/mol. The maximum atomic E-state index is 13.1.